The fraction of sp³-hybridized carbons (Fsp3) is 0.500. The van der Waals surface area contributed by atoms with Crippen molar-refractivity contribution in [1.82, 2.24) is 4.90 Å². The number of carbonyl (C=O) groups excluding carboxylic acids is 1. The van der Waals surface area contributed by atoms with Gasteiger partial charge in [0.1, 0.15) is 5.75 Å². The third-order valence-corrected chi connectivity index (χ3v) is 3.69. The Hall–Kier alpha value is -2.24. The third kappa shape index (κ3) is 4.38. The van der Waals surface area contributed by atoms with Gasteiger partial charge in [-0.1, -0.05) is 30.1 Å². The van der Waals surface area contributed by atoms with Crippen LogP contribution < -0.4 is 10.5 Å². The third-order valence-electron chi connectivity index (χ3n) is 3.69. The summed E-state index contributed by atoms with van der Waals surface area (Å²) < 4.78 is 5.21. The van der Waals surface area contributed by atoms with Crippen molar-refractivity contribution in [2.24, 2.45) is 10.9 Å². The van der Waals surface area contributed by atoms with Crippen molar-refractivity contribution in [1.29, 1.82) is 0 Å². The smallest absolute Gasteiger partial charge is 0.263 e. The summed E-state index contributed by atoms with van der Waals surface area (Å²) in [6, 6.07) is 7.26. The van der Waals surface area contributed by atoms with Crippen molar-refractivity contribution in [2.45, 2.75) is 25.7 Å². The molecule has 1 aromatic carbocycles. The van der Waals surface area contributed by atoms with E-state index in [0.29, 0.717) is 11.3 Å². The van der Waals surface area contributed by atoms with Crippen molar-refractivity contribution in [2.75, 3.05) is 26.8 Å². The molecule has 6 heteroatoms. The molecule has 1 aliphatic rings. The van der Waals surface area contributed by atoms with Gasteiger partial charge in [-0.05, 0) is 25.0 Å². The molecule has 1 aliphatic heterocycles. The summed E-state index contributed by atoms with van der Waals surface area (Å²) >= 11 is 0. The van der Waals surface area contributed by atoms with Crippen molar-refractivity contribution >= 4 is 11.7 Å². The first-order valence-corrected chi connectivity index (χ1v) is 7.59. The molecule has 2 N–H and O–H groups in total. The molecule has 0 atom stereocenters. The van der Waals surface area contributed by atoms with E-state index in [4.69, 9.17) is 15.3 Å². The van der Waals surface area contributed by atoms with Gasteiger partial charge in [-0.15, -0.1) is 0 Å². The molecule has 2 rings (SSSR count). The largest absolute Gasteiger partial charge is 0.496 e. The standard InChI is InChI=1S/C16H23N3O3/c1-21-14-9-5-4-8-13(14)16(17)18-22-12-15(20)19-10-6-2-3-7-11-19/h4-5,8-9H,2-3,6-7,10-12H2,1H3,(H2,17,18). The van der Waals surface area contributed by atoms with E-state index in [0.717, 1.165) is 25.9 Å². The van der Waals surface area contributed by atoms with Gasteiger partial charge in [0.15, 0.2) is 12.4 Å². The summed E-state index contributed by atoms with van der Waals surface area (Å²) in [5, 5.41) is 3.83. The average Bonchev–Trinajstić information content (AvgIpc) is 2.83. The first-order valence-electron chi connectivity index (χ1n) is 7.59. The van der Waals surface area contributed by atoms with Gasteiger partial charge >= 0.3 is 0 Å². The van der Waals surface area contributed by atoms with E-state index in [-0.39, 0.29) is 18.3 Å². The Morgan fingerprint density at radius 1 is 1.23 bits per heavy atom. The lowest BCUT2D eigenvalue weighted by atomic mass is 10.2. The summed E-state index contributed by atoms with van der Waals surface area (Å²) in [5.41, 5.74) is 6.53. The first-order chi connectivity index (χ1) is 10.7. The van der Waals surface area contributed by atoms with Gasteiger partial charge in [-0.3, -0.25) is 4.79 Å². The number of benzene rings is 1. The zero-order valence-corrected chi connectivity index (χ0v) is 13.0. The van der Waals surface area contributed by atoms with Gasteiger partial charge in [0, 0.05) is 13.1 Å². The molecule has 6 nitrogen and oxygen atoms in total. The average molecular weight is 305 g/mol. The molecule has 1 amide bonds. The number of hydrogen-bond donors (Lipinski definition) is 1. The number of amidine groups is 1. The number of ether oxygens (including phenoxy) is 1. The van der Waals surface area contributed by atoms with Gasteiger partial charge in [-0.2, -0.15) is 0 Å². The van der Waals surface area contributed by atoms with E-state index in [1.54, 1.807) is 19.2 Å². The Labute approximate surface area is 130 Å². The van der Waals surface area contributed by atoms with Gasteiger partial charge < -0.3 is 20.2 Å². The fourth-order valence-corrected chi connectivity index (χ4v) is 2.47. The fourth-order valence-electron chi connectivity index (χ4n) is 2.47. The summed E-state index contributed by atoms with van der Waals surface area (Å²) in [6.45, 7) is 1.51. The van der Waals surface area contributed by atoms with Crippen LogP contribution in [0.5, 0.6) is 5.75 Å². The number of amides is 1. The highest BCUT2D eigenvalue weighted by atomic mass is 16.6. The zero-order valence-electron chi connectivity index (χ0n) is 13.0. The van der Waals surface area contributed by atoms with Gasteiger partial charge in [0.25, 0.3) is 5.91 Å². The van der Waals surface area contributed by atoms with Crippen LogP contribution in [0.3, 0.4) is 0 Å². The summed E-state index contributed by atoms with van der Waals surface area (Å²) in [5.74, 6) is 0.769. The Balaban J connectivity index is 1.89. The SMILES string of the molecule is COc1ccccc1/C(N)=N/OCC(=O)N1CCCCCC1. The minimum atomic E-state index is -0.0875. The van der Waals surface area contributed by atoms with Crippen LogP contribution in [0.4, 0.5) is 0 Å². The summed E-state index contributed by atoms with van der Waals surface area (Å²) in [7, 11) is 1.57. The van der Waals surface area contributed by atoms with Crippen LogP contribution in [0.15, 0.2) is 29.4 Å². The molecule has 0 saturated carbocycles. The molecule has 0 radical (unpaired) electrons. The van der Waals surface area contributed by atoms with Gasteiger partial charge in [-0.25, -0.2) is 0 Å². The van der Waals surface area contributed by atoms with Gasteiger partial charge in [0.2, 0.25) is 0 Å². The lowest BCUT2D eigenvalue weighted by molar-refractivity contribution is -0.136. The summed E-state index contributed by atoms with van der Waals surface area (Å²) in [6.07, 6.45) is 4.48. The van der Waals surface area contributed by atoms with Crippen LogP contribution >= 0.6 is 0 Å². The number of para-hydroxylation sites is 1. The molecule has 22 heavy (non-hydrogen) atoms. The van der Waals surface area contributed by atoms with E-state index in [1.165, 1.54) is 12.8 Å². The number of oxime groups is 1. The van der Waals surface area contributed by atoms with E-state index in [2.05, 4.69) is 5.16 Å². The minimum absolute atomic E-state index is 0.0431. The van der Waals surface area contributed by atoms with Crippen LogP contribution in [-0.2, 0) is 9.63 Å². The number of methoxy groups -OCH3 is 1. The zero-order chi connectivity index (χ0) is 15.8. The second kappa shape index (κ2) is 8.26. The predicted octanol–water partition coefficient (Wildman–Crippen LogP) is 1.73. The van der Waals surface area contributed by atoms with Crippen LogP contribution in [0, 0.1) is 0 Å². The van der Waals surface area contributed by atoms with Crippen LogP contribution in [-0.4, -0.2) is 43.4 Å². The Bertz CT molecular complexity index is 523. The topological polar surface area (TPSA) is 77.1 Å². The second-order valence-electron chi connectivity index (χ2n) is 5.25. The highest BCUT2D eigenvalue weighted by Crippen LogP contribution is 2.16. The molecular formula is C16H23N3O3. The molecule has 1 aromatic rings. The van der Waals surface area contributed by atoms with Crippen LogP contribution in [0.25, 0.3) is 0 Å². The maximum absolute atomic E-state index is 12.1. The van der Waals surface area contributed by atoms with E-state index >= 15 is 0 Å². The predicted molar refractivity (Wildman–Crippen MR) is 84.7 cm³/mol. The van der Waals surface area contributed by atoms with E-state index < -0.39 is 0 Å². The molecule has 1 heterocycles. The van der Waals surface area contributed by atoms with Crippen LogP contribution in [0.1, 0.15) is 31.2 Å². The van der Waals surface area contributed by atoms with Gasteiger partial charge in [0.05, 0.1) is 12.7 Å². The van der Waals surface area contributed by atoms with Crippen molar-refractivity contribution in [3.63, 3.8) is 0 Å². The second-order valence-corrected chi connectivity index (χ2v) is 5.25. The van der Waals surface area contributed by atoms with Crippen molar-refractivity contribution in [3.05, 3.63) is 29.8 Å². The molecule has 1 saturated heterocycles. The highest BCUT2D eigenvalue weighted by molar-refractivity contribution is 5.99. The Kier molecular flexibility index (Phi) is 6.06. The lowest BCUT2D eigenvalue weighted by Crippen LogP contribution is -2.34. The number of hydrogen-bond acceptors (Lipinski definition) is 4. The number of nitrogens with zero attached hydrogens (tertiary/aromatic N) is 2. The molecule has 0 bridgehead atoms. The molecule has 1 fully saturated rings. The normalized spacial score (nSPS) is 16.0. The lowest BCUT2D eigenvalue weighted by Gasteiger charge is -2.19. The molecule has 0 spiro atoms. The summed E-state index contributed by atoms with van der Waals surface area (Å²) in [4.78, 5) is 19.0. The van der Waals surface area contributed by atoms with E-state index in [9.17, 15) is 4.79 Å². The molecule has 120 valence electrons. The Morgan fingerprint density at radius 3 is 2.59 bits per heavy atom. The highest BCUT2D eigenvalue weighted by Gasteiger charge is 2.16. The van der Waals surface area contributed by atoms with E-state index in [1.807, 2.05) is 17.0 Å². The molecule has 0 unspecified atom stereocenters. The Morgan fingerprint density at radius 2 is 1.91 bits per heavy atom. The maximum atomic E-state index is 12.1. The number of carbonyl (C=O) groups is 1. The quantitative estimate of drug-likeness (QED) is 0.510. The monoisotopic (exact) mass is 305 g/mol. The van der Waals surface area contributed by atoms with Crippen LogP contribution in [0.2, 0.25) is 0 Å². The number of nitrogens with two attached hydrogens (primary N) is 1. The molecule has 0 aromatic heterocycles. The van der Waals surface area contributed by atoms with Crippen molar-refractivity contribution < 1.29 is 14.4 Å². The number of rotatable bonds is 5. The number of likely N-dealkylation sites (tertiary alicyclic amines) is 1. The first kappa shape index (κ1) is 16.1. The van der Waals surface area contributed by atoms with Crippen molar-refractivity contribution in [3.8, 4) is 5.75 Å². The maximum Gasteiger partial charge on any atom is 0.263 e. The minimum Gasteiger partial charge on any atom is -0.496 e. The molecular weight excluding hydrogens is 282 g/mol. The molecule has 0 aliphatic carbocycles.